The third-order valence-corrected chi connectivity index (χ3v) is 5.33. The second-order valence-electron chi connectivity index (χ2n) is 5.64. The van der Waals surface area contributed by atoms with E-state index < -0.39 is 10.0 Å². The van der Waals surface area contributed by atoms with Gasteiger partial charge in [0.15, 0.2) is 0 Å². The SMILES string of the molecule is COCC1(CNS(=O)(=O)c2ccc(C)nc2)CCNCC1. The molecule has 0 spiro atoms. The molecule has 0 atom stereocenters. The molecular formula is C14H23N3O3S. The fourth-order valence-corrected chi connectivity index (χ4v) is 3.68. The molecular weight excluding hydrogens is 290 g/mol. The van der Waals surface area contributed by atoms with Crippen LogP contribution in [0.15, 0.2) is 23.2 Å². The highest BCUT2D eigenvalue weighted by Crippen LogP contribution is 2.28. The van der Waals surface area contributed by atoms with Gasteiger partial charge in [-0.2, -0.15) is 0 Å². The van der Waals surface area contributed by atoms with Crippen LogP contribution in [-0.4, -0.2) is 46.8 Å². The molecule has 0 radical (unpaired) electrons. The van der Waals surface area contributed by atoms with E-state index in [1.807, 2.05) is 6.92 Å². The van der Waals surface area contributed by atoms with Crippen molar-refractivity contribution >= 4 is 10.0 Å². The van der Waals surface area contributed by atoms with E-state index in [9.17, 15) is 8.42 Å². The average Bonchev–Trinajstić information content (AvgIpc) is 2.47. The quantitative estimate of drug-likeness (QED) is 0.807. The van der Waals surface area contributed by atoms with Gasteiger partial charge in [0.1, 0.15) is 4.90 Å². The molecule has 0 amide bonds. The third kappa shape index (κ3) is 4.23. The maximum Gasteiger partial charge on any atom is 0.242 e. The summed E-state index contributed by atoms with van der Waals surface area (Å²) in [6, 6.07) is 3.28. The van der Waals surface area contributed by atoms with Gasteiger partial charge in [0, 0.05) is 31.0 Å². The molecule has 1 aromatic rings. The number of hydrogen-bond donors (Lipinski definition) is 2. The van der Waals surface area contributed by atoms with Crippen molar-refractivity contribution in [3.05, 3.63) is 24.0 Å². The summed E-state index contributed by atoms with van der Waals surface area (Å²) in [7, 11) is -1.87. The largest absolute Gasteiger partial charge is 0.384 e. The first-order chi connectivity index (χ1) is 9.97. The van der Waals surface area contributed by atoms with Crippen LogP contribution in [-0.2, 0) is 14.8 Å². The number of sulfonamides is 1. The number of rotatable bonds is 6. The lowest BCUT2D eigenvalue weighted by molar-refractivity contribution is 0.0577. The van der Waals surface area contributed by atoms with Gasteiger partial charge in [-0.05, 0) is 45.0 Å². The Hall–Kier alpha value is -1.02. The van der Waals surface area contributed by atoms with E-state index in [2.05, 4.69) is 15.0 Å². The standard InChI is InChI=1S/C14H23N3O3S/c1-12-3-4-13(9-16-12)21(18,19)17-10-14(11-20-2)5-7-15-8-6-14/h3-4,9,15,17H,5-8,10-11H2,1-2H3. The Morgan fingerprint density at radius 1 is 1.38 bits per heavy atom. The highest BCUT2D eigenvalue weighted by atomic mass is 32.2. The lowest BCUT2D eigenvalue weighted by atomic mass is 9.80. The Morgan fingerprint density at radius 3 is 2.67 bits per heavy atom. The summed E-state index contributed by atoms with van der Waals surface area (Å²) in [5.74, 6) is 0. The van der Waals surface area contributed by atoms with Crippen LogP contribution in [0.1, 0.15) is 18.5 Å². The molecule has 2 rings (SSSR count). The lowest BCUT2D eigenvalue weighted by Gasteiger charge is -2.37. The summed E-state index contributed by atoms with van der Waals surface area (Å²) in [5, 5.41) is 3.29. The molecule has 1 aliphatic rings. The first-order valence-corrected chi connectivity index (χ1v) is 8.58. The summed E-state index contributed by atoms with van der Waals surface area (Å²) in [6.07, 6.45) is 3.19. The Bertz CT molecular complexity index is 546. The van der Waals surface area contributed by atoms with Crippen LogP contribution in [0.3, 0.4) is 0 Å². The maximum absolute atomic E-state index is 12.3. The van der Waals surface area contributed by atoms with Crippen molar-refractivity contribution in [2.75, 3.05) is 33.4 Å². The minimum absolute atomic E-state index is 0.134. The summed E-state index contributed by atoms with van der Waals surface area (Å²) in [4.78, 5) is 4.24. The van der Waals surface area contributed by atoms with Crippen LogP contribution in [0.2, 0.25) is 0 Å². The predicted molar refractivity (Wildman–Crippen MR) is 80.6 cm³/mol. The zero-order valence-electron chi connectivity index (χ0n) is 12.6. The van der Waals surface area contributed by atoms with Crippen molar-refractivity contribution in [1.82, 2.24) is 15.0 Å². The van der Waals surface area contributed by atoms with E-state index in [1.165, 1.54) is 6.20 Å². The molecule has 2 heterocycles. The van der Waals surface area contributed by atoms with Gasteiger partial charge in [0.25, 0.3) is 0 Å². The Labute approximate surface area is 126 Å². The van der Waals surface area contributed by atoms with Gasteiger partial charge in [-0.15, -0.1) is 0 Å². The topological polar surface area (TPSA) is 80.3 Å². The normalized spacial score (nSPS) is 18.6. The molecule has 1 saturated heterocycles. The number of aryl methyl sites for hydroxylation is 1. The zero-order chi connectivity index (χ0) is 15.3. The van der Waals surface area contributed by atoms with E-state index in [4.69, 9.17) is 4.74 Å². The highest BCUT2D eigenvalue weighted by molar-refractivity contribution is 7.89. The van der Waals surface area contributed by atoms with E-state index in [-0.39, 0.29) is 10.3 Å². The molecule has 0 saturated carbocycles. The number of ether oxygens (including phenoxy) is 1. The first-order valence-electron chi connectivity index (χ1n) is 7.09. The van der Waals surface area contributed by atoms with Crippen LogP contribution in [0.25, 0.3) is 0 Å². The van der Waals surface area contributed by atoms with Crippen LogP contribution < -0.4 is 10.0 Å². The average molecular weight is 313 g/mol. The van der Waals surface area contributed by atoms with Gasteiger partial charge in [0.05, 0.1) is 6.61 Å². The Morgan fingerprint density at radius 2 is 2.10 bits per heavy atom. The molecule has 2 N–H and O–H groups in total. The van der Waals surface area contributed by atoms with Crippen molar-refractivity contribution in [2.45, 2.75) is 24.7 Å². The van der Waals surface area contributed by atoms with Crippen LogP contribution in [0.5, 0.6) is 0 Å². The number of aromatic nitrogens is 1. The number of piperidine rings is 1. The second kappa shape index (κ2) is 6.83. The molecule has 7 heteroatoms. The minimum atomic E-state index is -3.52. The maximum atomic E-state index is 12.3. The van der Waals surface area contributed by atoms with Crippen LogP contribution in [0, 0.1) is 12.3 Å². The van der Waals surface area contributed by atoms with E-state index in [0.29, 0.717) is 13.2 Å². The Balaban J connectivity index is 2.07. The van der Waals surface area contributed by atoms with Crippen molar-refractivity contribution < 1.29 is 13.2 Å². The van der Waals surface area contributed by atoms with Crippen molar-refractivity contribution in [2.24, 2.45) is 5.41 Å². The lowest BCUT2D eigenvalue weighted by Crippen LogP contribution is -2.47. The molecule has 1 fully saturated rings. The monoisotopic (exact) mass is 313 g/mol. The minimum Gasteiger partial charge on any atom is -0.384 e. The molecule has 1 aromatic heterocycles. The number of nitrogens with zero attached hydrogens (tertiary/aromatic N) is 1. The van der Waals surface area contributed by atoms with Gasteiger partial charge in [-0.25, -0.2) is 13.1 Å². The fraction of sp³-hybridized carbons (Fsp3) is 0.643. The molecule has 0 aliphatic carbocycles. The molecule has 6 nitrogen and oxygen atoms in total. The van der Waals surface area contributed by atoms with E-state index in [1.54, 1.807) is 19.2 Å². The molecule has 118 valence electrons. The van der Waals surface area contributed by atoms with Gasteiger partial charge in [-0.1, -0.05) is 0 Å². The van der Waals surface area contributed by atoms with Crippen LogP contribution >= 0.6 is 0 Å². The van der Waals surface area contributed by atoms with Crippen molar-refractivity contribution in [1.29, 1.82) is 0 Å². The van der Waals surface area contributed by atoms with E-state index >= 15 is 0 Å². The van der Waals surface area contributed by atoms with E-state index in [0.717, 1.165) is 31.6 Å². The van der Waals surface area contributed by atoms with Gasteiger partial charge in [-0.3, -0.25) is 4.98 Å². The molecule has 21 heavy (non-hydrogen) atoms. The number of nitrogens with one attached hydrogen (secondary N) is 2. The Kier molecular flexibility index (Phi) is 5.32. The van der Waals surface area contributed by atoms with Gasteiger partial charge >= 0.3 is 0 Å². The predicted octanol–water partition coefficient (Wildman–Crippen LogP) is 0.685. The van der Waals surface area contributed by atoms with Gasteiger partial charge < -0.3 is 10.1 Å². The summed E-state index contributed by atoms with van der Waals surface area (Å²) in [5.41, 5.74) is 0.661. The number of hydrogen-bond acceptors (Lipinski definition) is 5. The van der Waals surface area contributed by atoms with Crippen molar-refractivity contribution in [3.8, 4) is 0 Å². The summed E-state index contributed by atoms with van der Waals surface area (Å²) >= 11 is 0. The molecule has 0 aromatic carbocycles. The first kappa shape index (κ1) is 16.4. The van der Waals surface area contributed by atoms with Gasteiger partial charge in [0.2, 0.25) is 10.0 Å². The molecule has 0 bridgehead atoms. The number of pyridine rings is 1. The fourth-order valence-electron chi connectivity index (χ4n) is 2.58. The second-order valence-corrected chi connectivity index (χ2v) is 7.41. The summed E-state index contributed by atoms with van der Waals surface area (Å²) in [6.45, 7) is 4.54. The molecule has 0 unspecified atom stereocenters. The molecule has 1 aliphatic heterocycles. The third-order valence-electron chi connectivity index (χ3n) is 3.95. The number of methoxy groups -OCH3 is 1. The zero-order valence-corrected chi connectivity index (χ0v) is 13.4. The van der Waals surface area contributed by atoms with Crippen LogP contribution in [0.4, 0.5) is 0 Å². The smallest absolute Gasteiger partial charge is 0.242 e. The highest BCUT2D eigenvalue weighted by Gasteiger charge is 2.33. The van der Waals surface area contributed by atoms with Crippen molar-refractivity contribution in [3.63, 3.8) is 0 Å². The summed E-state index contributed by atoms with van der Waals surface area (Å²) < 4.78 is 32.7.